The fourth-order valence-electron chi connectivity index (χ4n) is 3.68. The first-order valence-corrected chi connectivity index (χ1v) is 9.65. The summed E-state index contributed by atoms with van der Waals surface area (Å²) in [5.41, 5.74) is 13.1. The molecule has 1 saturated carbocycles. The number of halogens is 1. The van der Waals surface area contributed by atoms with Crippen molar-refractivity contribution in [2.45, 2.75) is 37.8 Å². The zero-order valence-corrected chi connectivity index (χ0v) is 15.9. The van der Waals surface area contributed by atoms with Gasteiger partial charge in [0, 0.05) is 29.4 Å². The number of rotatable bonds is 5. The Hall–Kier alpha value is -3.26. The van der Waals surface area contributed by atoms with Crippen molar-refractivity contribution in [3.8, 4) is 0 Å². The van der Waals surface area contributed by atoms with Gasteiger partial charge in [0.1, 0.15) is 5.82 Å². The monoisotopic (exact) mass is 394 g/mol. The summed E-state index contributed by atoms with van der Waals surface area (Å²) in [6, 6.07) is 10.3. The van der Waals surface area contributed by atoms with Gasteiger partial charge >= 0.3 is 0 Å². The average Bonchev–Trinajstić information content (AvgIpc) is 2.71. The Balaban J connectivity index is 1.67. The predicted molar refractivity (Wildman–Crippen MR) is 112 cm³/mol. The number of fused-ring (bicyclic) bond motifs is 1. The lowest BCUT2D eigenvalue weighted by Crippen LogP contribution is -2.43. The molecule has 1 amide bonds. The maximum absolute atomic E-state index is 14.6. The van der Waals surface area contributed by atoms with Gasteiger partial charge in [-0.1, -0.05) is 18.9 Å². The molecule has 0 bridgehead atoms. The molecule has 0 saturated heterocycles. The van der Waals surface area contributed by atoms with Crippen LogP contribution in [0, 0.1) is 5.82 Å². The van der Waals surface area contributed by atoms with E-state index in [4.69, 9.17) is 11.5 Å². The molecule has 1 fully saturated rings. The molecule has 0 aliphatic heterocycles. The number of anilines is 3. The molecule has 7 nitrogen and oxygen atoms in total. The number of primary amides is 1. The van der Waals surface area contributed by atoms with Crippen LogP contribution in [0.2, 0.25) is 0 Å². The summed E-state index contributed by atoms with van der Waals surface area (Å²) in [4.78, 5) is 20.5. The van der Waals surface area contributed by atoms with Gasteiger partial charge in [-0.05, 0) is 43.2 Å². The van der Waals surface area contributed by atoms with E-state index in [0.717, 1.165) is 42.7 Å². The molecular weight excluding hydrogens is 371 g/mol. The Labute approximate surface area is 167 Å². The summed E-state index contributed by atoms with van der Waals surface area (Å²) in [6.45, 7) is 0. The molecule has 29 heavy (non-hydrogen) atoms. The van der Waals surface area contributed by atoms with Crippen LogP contribution < -0.4 is 22.1 Å². The SMILES string of the molecule is NC(=O)c1cc(F)c(NC2CCCC[C@@H]2N)nc1Nc1ccc2ncccc2c1. The first-order valence-electron chi connectivity index (χ1n) is 9.65. The number of carbonyl (C=O) groups is 1. The number of benzene rings is 1. The second kappa shape index (κ2) is 8.00. The van der Waals surface area contributed by atoms with E-state index >= 15 is 0 Å². The Kier molecular flexibility index (Phi) is 5.26. The van der Waals surface area contributed by atoms with Gasteiger partial charge in [-0.15, -0.1) is 0 Å². The van der Waals surface area contributed by atoms with Crippen molar-refractivity contribution in [2.24, 2.45) is 11.5 Å². The van der Waals surface area contributed by atoms with Crippen LogP contribution in [0.25, 0.3) is 10.9 Å². The summed E-state index contributed by atoms with van der Waals surface area (Å²) in [5, 5.41) is 7.11. The third-order valence-electron chi connectivity index (χ3n) is 5.25. The lowest BCUT2D eigenvalue weighted by Gasteiger charge is -2.30. The zero-order chi connectivity index (χ0) is 20.4. The number of hydrogen-bond acceptors (Lipinski definition) is 6. The van der Waals surface area contributed by atoms with Gasteiger partial charge in [0.15, 0.2) is 11.6 Å². The quantitative estimate of drug-likeness (QED) is 0.527. The number of nitrogens with one attached hydrogen (secondary N) is 2. The highest BCUT2D eigenvalue weighted by Crippen LogP contribution is 2.27. The minimum Gasteiger partial charge on any atom is -0.365 e. The van der Waals surface area contributed by atoms with E-state index in [2.05, 4.69) is 20.6 Å². The molecule has 6 N–H and O–H groups in total. The summed E-state index contributed by atoms with van der Waals surface area (Å²) < 4.78 is 14.6. The van der Waals surface area contributed by atoms with Gasteiger partial charge in [-0.3, -0.25) is 9.78 Å². The summed E-state index contributed by atoms with van der Waals surface area (Å²) in [6.07, 6.45) is 5.55. The van der Waals surface area contributed by atoms with Gasteiger partial charge < -0.3 is 22.1 Å². The van der Waals surface area contributed by atoms with Crippen LogP contribution in [-0.2, 0) is 0 Å². The second-order valence-electron chi connectivity index (χ2n) is 7.31. The van der Waals surface area contributed by atoms with Crippen molar-refractivity contribution in [3.63, 3.8) is 0 Å². The van der Waals surface area contributed by atoms with Crippen LogP contribution in [-0.4, -0.2) is 28.0 Å². The largest absolute Gasteiger partial charge is 0.365 e. The van der Waals surface area contributed by atoms with Gasteiger partial charge in [0.2, 0.25) is 0 Å². The number of amides is 1. The van der Waals surface area contributed by atoms with Gasteiger partial charge in [0.05, 0.1) is 11.1 Å². The molecule has 2 atom stereocenters. The van der Waals surface area contributed by atoms with Crippen LogP contribution in [0.4, 0.5) is 21.7 Å². The maximum Gasteiger partial charge on any atom is 0.252 e. The summed E-state index contributed by atoms with van der Waals surface area (Å²) in [7, 11) is 0. The van der Waals surface area contributed by atoms with Crippen molar-refractivity contribution in [2.75, 3.05) is 10.6 Å². The number of nitrogens with two attached hydrogens (primary N) is 2. The molecule has 0 radical (unpaired) electrons. The Morgan fingerprint density at radius 2 is 1.97 bits per heavy atom. The number of pyridine rings is 2. The molecule has 4 rings (SSSR count). The fourth-order valence-corrected chi connectivity index (χ4v) is 3.68. The number of aromatic nitrogens is 2. The highest BCUT2D eigenvalue weighted by Gasteiger charge is 2.24. The minimum atomic E-state index is -0.762. The van der Waals surface area contributed by atoms with Crippen LogP contribution in [0.5, 0.6) is 0 Å². The molecule has 1 aromatic carbocycles. The standard InChI is InChI=1S/C21H23FN6O/c22-15-11-14(19(24)29)20(28-21(15)27-18-6-2-1-5-16(18)23)26-13-7-8-17-12(10-13)4-3-9-25-17/h3-4,7-11,16,18H,1-2,5-6,23H2,(H2,24,29)(H2,26,27,28)/t16-,18?/m0/s1. The van der Waals surface area contributed by atoms with E-state index in [-0.39, 0.29) is 29.3 Å². The summed E-state index contributed by atoms with van der Waals surface area (Å²) >= 11 is 0. The molecule has 150 valence electrons. The molecule has 0 spiro atoms. The van der Waals surface area contributed by atoms with E-state index in [0.29, 0.717) is 5.69 Å². The lowest BCUT2D eigenvalue weighted by molar-refractivity contribution is 0.100. The smallest absolute Gasteiger partial charge is 0.252 e. The Morgan fingerprint density at radius 1 is 1.14 bits per heavy atom. The van der Waals surface area contributed by atoms with Crippen LogP contribution in [0.1, 0.15) is 36.0 Å². The van der Waals surface area contributed by atoms with E-state index < -0.39 is 11.7 Å². The highest BCUT2D eigenvalue weighted by molar-refractivity contribution is 5.99. The first kappa shape index (κ1) is 19.1. The molecule has 3 aromatic rings. The Morgan fingerprint density at radius 3 is 2.76 bits per heavy atom. The molecule has 2 aromatic heterocycles. The van der Waals surface area contributed by atoms with Gasteiger partial charge in [-0.2, -0.15) is 0 Å². The fraction of sp³-hybridized carbons (Fsp3) is 0.286. The molecule has 1 aliphatic carbocycles. The van der Waals surface area contributed by atoms with Crippen LogP contribution in [0.15, 0.2) is 42.6 Å². The van der Waals surface area contributed by atoms with E-state index in [1.807, 2.05) is 30.3 Å². The molecule has 8 heteroatoms. The maximum atomic E-state index is 14.6. The number of hydrogen-bond donors (Lipinski definition) is 4. The third-order valence-corrected chi connectivity index (χ3v) is 5.25. The van der Waals surface area contributed by atoms with Crippen molar-refractivity contribution in [1.82, 2.24) is 9.97 Å². The van der Waals surface area contributed by atoms with Gasteiger partial charge in [0.25, 0.3) is 5.91 Å². The summed E-state index contributed by atoms with van der Waals surface area (Å²) in [5.74, 6) is -1.15. The molecule has 1 unspecified atom stereocenters. The van der Waals surface area contributed by atoms with Crippen LogP contribution >= 0.6 is 0 Å². The minimum absolute atomic E-state index is 0.0210. The van der Waals surface area contributed by atoms with E-state index in [9.17, 15) is 9.18 Å². The second-order valence-corrected chi connectivity index (χ2v) is 7.31. The number of carbonyl (C=O) groups excluding carboxylic acids is 1. The van der Waals surface area contributed by atoms with E-state index in [1.165, 1.54) is 0 Å². The highest BCUT2D eigenvalue weighted by atomic mass is 19.1. The van der Waals surface area contributed by atoms with Gasteiger partial charge in [-0.25, -0.2) is 9.37 Å². The normalized spacial score (nSPS) is 19.1. The Bertz CT molecular complexity index is 1060. The predicted octanol–water partition coefficient (Wildman–Crippen LogP) is 3.29. The lowest BCUT2D eigenvalue weighted by atomic mass is 9.91. The topological polar surface area (TPSA) is 119 Å². The van der Waals surface area contributed by atoms with Crippen LogP contribution in [0.3, 0.4) is 0 Å². The zero-order valence-electron chi connectivity index (χ0n) is 15.9. The molecule has 2 heterocycles. The van der Waals surface area contributed by atoms with Crippen molar-refractivity contribution in [3.05, 3.63) is 54.0 Å². The third kappa shape index (κ3) is 4.12. The van der Waals surface area contributed by atoms with Crippen molar-refractivity contribution >= 4 is 34.1 Å². The van der Waals surface area contributed by atoms with E-state index in [1.54, 1.807) is 6.20 Å². The van der Waals surface area contributed by atoms with Crippen molar-refractivity contribution < 1.29 is 9.18 Å². The first-order chi connectivity index (χ1) is 14.0. The molecule has 1 aliphatic rings. The van der Waals surface area contributed by atoms with Crippen molar-refractivity contribution in [1.29, 1.82) is 0 Å². The molecular formula is C21H23FN6O. The number of nitrogens with zero attached hydrogens (tertiary/aromatic N) is 2. The average molecular weight is 394 g/mol.